The van der Waals surface area contributed by atoms with Crippen molar-refractivity contribution >= 4 is 11.4 Å². The molecule has 1 N–H and O–H groups in total. The molecule has 0 fully saturated rings. The van der Waals surface area contributed by atoms with E-state index in [-0.39, 0.29) is 10.6 Å². The fraction of sp³-hybridized carbons (Fsp3) is 0.400. The largest absolute Gasteiger partial charge is 0.381 e. The Hall–Kier alpha value is -2.37. The molecule has 2 rings (SSSR count). The molecule has 6 heteroatoms. The fourth-order valence-electron chi connectivity index (χ4n) is 2.45. The average molecular weight is 288 g/mol. The average Bonchev–Trinajstić information content (AvgIpc) is 2.64. The number of nitrogens with zero attached hydrogens (tertiary/aromatic N) is 3. The predicted molar refractivity (Wildman–Crippen MR) is 82.6 cm³/mol. The Kier molecular flexibility index (Phi) is 3.97. The molecule has 0 aliphatic carbocycles. The van der Waals surface area contributed by atoms with Crippen LogP contribution in [0.25, 0.3) is 0 Å². The topological polar surface area (TPSA) is 73.0 Å². The summed E-state index contributed by atoms with van der Waals surface area (Å²) in [7, 11) is 1.92. The molecule has 0 atom stereocenters. The molecule has 0 spiro atoms. The highest BCUT2D eigenvalue weighted by atomic mass is 16.6. The normalized spacial score (nSPS) is 10.7. The van der Waals surface area contributed by atoms with E-state index >= 15 is 0 Å². The number of nitrogens with one attached hydrogen (secondary N) is 1. The van der Waals surface area contributed by atoms with E-state index in [9.17, 15) is 10.1 Å². The van der Waals surface area contributed by atoms with Crippen LogP contribution in [0, 0.1) is 37.8 Å². The lowest BCUT2D eigenvalue weighted by Gasteiger charge is -2.11. The van der Waals surface area contributed by atoms with Crippen molar-refractivity contribution in [3.63, 3.8) is 0 Å². The van der Waals surface area contributed by atoms with Crippen LogP contribution in [-0.4, -0.2) is 14.7 Å². The number of anilines is 1. The van der Waals surface area contributed by atoms with Crippen LogP contribution >= 0.6 is 0 Å². The zero-order valence-electron chi connectivity index (χ0n) is 13.0. The highest BCUT2D eigenvalue weighted by Crippen LogP contribution is 2.26. The summed E-state index contributed by atoms with van der Waals surface area (Å²) in [6, 6.07) is 3.44. The molecular formula is C15H20N4O2. The molecule has 21 heavy (non-hydrogen) atoms. The number of hydrogen-bond donors (Lipinski definition) is 1. The summed E-state index contributed by atoms with van der Waals surface area (Å²) < 4.78 is 1.86. The smallest absolute Gasteiger partial charge is 0.272 e. The van der Waals surface area contributed by atoms with Crippen LogP contribution in [0.1, 0.15) is 28.1 Å². The summed E-state index contributed by atoms with van der Waals surface area (Å²) in [4.78, 5) is 10.6. The van der Waals surface area contributed by atoms with Crippen LogP contribution in [-0.2, 0) is 13.6 Å². The van der Waals surface area contributed by atoms with Gasteiger partial charge in [0, 0.05) is 42.2 Å². The van der Waals surface area contributed by atoms with Gasteiger partial charge in [0.1, 0.15) is 0 Å². The molecule has 0 aliphatic rings. The lowest BCUT2D eigenvalue weighted by Crippen LogP contribution is -2.05. The Labute approximate surface area is 123 Å². The quantitative estimate of drug-likeness (QED) is 0.692. The summed E-state index contributed by atoms with van der Waals surface area (Å²) in [6.07, 6.45) is 0. The Morgan fingerprint density at radius 2 is 1.90 bits per heavy atom. The Bertz CT molecular complexity index is 704. The van der Waals surface area contributed by atoms with Crippen LogP contribution in [0.5, 0.6) is 0 Å². The van der Waals surface area contributed by atoms with Gasteiger partial charge < -0.3 is 5.32 Å². The van der Waals surface area contributed by atoms with Gasteiger partial charge in [-0.2, -0.15) is 5.10 Å². The molecular weight excluding hydrogens is 268 g/mol. The molecule has 112 valence electrons. The van der Waals surface area contributed by atoms with Crippen LogP contribution in [0.3, 0.4) is 0 Å². The second-order valence-corrected chi connectivity index (χ2v) is 5.34. The van der Waals surface area contributed by atoms with E-state index in [4.69, 9.17) is 0 Å². The van der Waals surface area contributed by atoms with Gasteiger partial charge in [-0.1, -0.05) is 0 Å². The number of nitro groups is 1. The summed E-state index contributed by atoms with van der Waals surface area (Å²) in [5, 5.41) is 18.7. The van der Waals surface area contributed by atoms with Crippen molar-refractivity contribution in [3.8, 4) is 0 Å². The maximum atomic E-state index is 10.9. The van der Waals surface area contributed by atoms with Gasteiger partial charge >= 0.3 is 0 Å². The first kappa shape index (κ1) is 15.0. The van der Waals surface area contributed by atoms with Gasteiger partial charge in [-0.15, -0.1) is 0 Å². The van der Waals surface area contributed by atoms with Crippen molar-refractivity contribution in [1.82, 2.24) is 9.78 Å². The third-order valence-corrected chi connectivity index (χ3v) is 3.85. The molecule has 1 aromatic heterocycles. The Morgan fingerprint density at radius 3 is 2.43 bits per heavy atom. The zero-order valence-corrected chi connectivity index (χ0v) is 13.0. The van der Waals surface area contributed by atoms with Crippen LogP contribution < -0.4 is 5.32 Å². The monoisotopic (exact) mass is 288 g/mol. The molecule has 1 heterocycles. The molecule has 1 aromatic carbocycles. The second kappa shape index (κ2) is 5.55. The maximum absolute atomic E-state index is 10.9. The third kappa shape index (κ3) is 2.89. The van der Waals surface area contributed by atoms with Crippen LogP contribution in [0.4, 0.5) is 11.4 Å². The van der Waals surface area contributed by atoms with Gasteiger partial charge in [0.2, 0.25) is 0 Å². The molecule has 0 saturated carbocycles. The molecule has 0 amide bonds. The Balaban J connectivity index is 2.25. The SMILES string of the molecule is Cc1cc([N+](=O)[O-])c(C)cc1NCc1c(C)nn(C)c1C. The van der Waals surface area contributed by atoms with Crippen molar-refractivity contribution in [1.29, 1.82) is 0 Å². The molecule has 0 unspecified atom stereocenters. The van der Waals surface area contributed by atoms with Gasteiger partial charge in [0.25, 0.3) is 5.69 Å². The van der Waals surface area contributed by atoms with Crippen molar-refractivity contribution in [2.45, 2.75) is 34.2 Å². The fourth-order valence-corrected chi connectivity index (χ4v) is 2.45. The lowest BCUT2D eigenvalue weighted by molar-refractivity contribution is -0.385. The summed E-state index contributed by atoms with van der Waals surface area (Å²) in [5.74, 6) is 0. The zero-order chi connectivity index (χ0) is 15.7. The van der Waals surface area contributed by atoms with Gasteiger partial charge in [0.05, 0.1) is 10.6 Å². The van der Waals surface area contributed by atoms with E-state index in [0.717, 1.165) is 28.2 Å². The number of hydrogen-bond acceptors (Lipinski definition) is 4. The minimum atomic E-state index is -0.346. The van der Waals surface area contributed by atoms with Gasteiger partial charge in [0.15, 0.2) is 0 Å². The summed E-state index contributed by atoms with van der Waals surface area (Å²) in [5.41, 5.74) is 5.88. The van der Waals surface area contributed by atoms with E-state index in [1.165, 1.54) is 0 Å². The first-order valence-corrected chi connectivity index (χ1v) is 6.79. The van der Waals surface area contributed by atoms with Crippen molar-refractivity contribution < 1.29 is 4.92 Å². The van der Waals surface area contributed by atoms with E-state index in [0.29, 0.717) is 12.1 Å². The number of rotatable bonds is 4. The molecule has 6 nitrogen and oxygen atoms in total. The third-order valence-electron chi connectivity index (χ3n) is 3.85. The minimum Gasteiger partial charge on any atom is -0.381 e. The number of nitro benzene ring substituents is 1. The van der Waals surface area contributed by atoms with Crippen molar-refractivity contribution in [2.75, 3.05) is 5.32 Å². The van der Waals surface area contributed by atoms with E-state index in [1.54, 1.807) is 13.0 Å². The maximum Gasteiger partial charge on any atom is 0.272 e. The second-order valence-electron chi connectivity index (χ2n) is 5.34. The number of aryl methyl sites for hydroxylation is 4. The van der Waals surface area contributed by atoms with Crippen molar-refractivity contribution in [2.24, 2.45) is 7.05 Å². The van der Waals surface area contributed by atoms with Crippen LogP contribution in [0.2, 0.25) is 0 Å². The number of benzene rings is 1. The van der Waals surface area contributed by atoms with Crippen molar-refractivity contribution in [3.05, 3.63) is 50.3 Å². The number of aromatic nitrogens is 2. The Morgan fingerprint density at radius 1 is 1.24 bits per heavy atom. The van der Waals surface area contributed by atoms with Crippen LogP contribution in [0.15, 0.2) is 12.1 Å². The molecule has 0 saturated heterocycles. The molecule has 2 aromatic rings. The molecule has 0 aliphatic heterocycles. The lowest BCUT2D eigenvalue weighted by atomic mass is 10.1. The standard InChI is InChI=1S/C15H20N4O2/c1-9-7-15(19(20)21)10(2)6-14(9)16-8-13-11(3)17-18(5)12(13)4/h6-7,16H,8H2,1-5H3. The van der Waals surface area contributed by atoms with Gasteiger partial charge in [-0.3, -0.25) is 14.8 Å². The molecule has 0 bridgehead atoms. The minimum absolute atomic E-state index is 0.159. The van der Waals surface area contributed by atoms with E-state index < -0.39 is 0 Å². The van der Waals surface area contributed by atoms with E-state index in [2.05, 4.69) is 10.4 Å². The van der Waals surface area contributed by atoms with E-state index in [1.807, 2.05) is 38.6 Å². The molecule has 0 radical (unpaired) electrons. The first-order chi connectivity index (χ1) is 9.81. The summed E-state index contributed by atoms with van der Waals surface area (Å²) >= 11 is 0. The predicted octanol–water partition coefficient (Wildman–Crippen LogP) is 3.17. The first-order valence-electron chi connectivity index (χ1n) is 6.79. The highest BCUT2D eigenvalue weighted by Gasteiger charge is 2.14. The van der Waals surface area contributed by atoms with Gasteiger partial charge in [-0.05, 0) is 39.3 Å². The summed E-state index contributed by atoms with van der Waals surface area (Å²) in [6.45, 7) is 8.30. The van der Waals surface area contributed by atoms with Gasteiger partial charge in [-0.25, -0.2) is 0 Å². The highest BCUT2D eigenvalue weighted by molar-refractivity contribution is 5.59.